The molecule has 0 atom stereocenters. The van der Waals surface area contributed by atoms with Gasteiger partial charge < -0.3 is 0 Å². The van der Waals surface area contributed by atoms with E-state index in [0.717, 1.165) is 0 Å². The van der Waals surface area contributed by atoms with Crippen LogP contribution in [0, 0.1) is 0 Å². The molecule has 0 bridgehead atoms. The van der Waals surface area contributed by atoms with E-state index in [0.29, 0.717) is 0 Å². The third-order valence-corrected chi connectivity index (χ3v) is 1.87. The lowest BCUT2D eigenvalue weighted by Gasteiger charge is -2.01. The molecule has 0 aliphatic heterocycles. The molecule has 19 heavy (non-hydrogen) atoms. The predicted octanol–water partition coefficient (Wildman–Crippen LogP) is 6.81. The fourth-order valence-corrected chi connectivity index (χ4v) is 1.16. The Morgan fingerprint density at radius 3 is 1.68 bits per heavy atom. The van der Waals surface area contributed by atoms with Crippen LogP contribution in [0.4, 0.5) is 0 Å². The second-order valence-corrected chi connectivity index (χ2v) is 2.99. The van der Waals surface area contributed by atoms with E-state index in [9.17, 15) is 0 Å². The van der Waals surface area contributed by atoms with Crippen molar-refractivity contribution in [1.82, 2.24) is 0 Å². The van der Waals surface area contributed by atoms with Gasteiger partial charge in [0.1, 0.15) is 0 Å². The summed E-state index contributed by atoms with van der Waals surface area (Å²) in [6, 6.07) is 0. The summed E-state index contributed by atoms with van der Waals surface area (Å²) in [5.74, 6) is 0. The van der Waals surface area contributed by atoms with Crippen LogP contribution in [0.5, 0.6) is 0 Å². The van der Waals surface area contributed by atoms with E-state index < -0.39 is 0 Å². The molecule has 0 unspecified atom stereocenters. The van der Waals surface area contributed by atoms with Crippen molar-refractivity contribution in [2.75, 3.05) is 0 Å². The zero-order chi connectivity index (χ0) is 15.5. The lowest BCUT2D eigenvalue weighted by molar-refractivity contribution is 1.48. The molecular formula is C19H32. The van der Waals surface area contributed by atoms with E-state index >= 15 is 0 Å². The average molecular weight is 260 g/mol. The Morgan fingerprint density at radius 1 is 0.737 bits per heavy atom. The maximum Gasteiger partial charge on any atom is -0.0191 e. The Labute approximate surface area is 121 Å². The highest BCUT2D eigenvalue weighted by molar-refractivity contribution is 5.48. The third kappa shape index (κ3) is 14.4. The first-order chi connectivity index (χ1) is 9.29. The Bertz CT molecular complexity index is 320. The van der Waals surface area contributed by atoms with E-state index in [4.69, 9.17) is 0 Å². The minimum atomic E-state index is 1.20. The highest BCUT2D eigenvalue weighted by atomic mass is 14.0. The Balaban J connectivity index is -0.000000579. The maximum atomic E-state index is 3.67. The van der Waals surface area contributed by atoms with Crippen LogP contribution in [-0.2, 0) is 0 Å². The van der Waals surface area contributed by atoms with Gasteiger partial charge >= 0.3 is 0 Å². The van der Waals surface area contributed by atoms with Crippen molar-refractivity contribution in [3.8, 4) is 0 Å². The topological polar surface area (TPSA) is 0 Å². The van der Waals surface area contributed by atoms with Gasteiger partial charge in [-0.25, -0.2) is 0 Å². The zero-order valence-corrected chi connectivity index (χ0v) is 13.9. The van der Waals surface area contributed by atoms with Crippen LogP contribution in [0.15, 0.2) is 72.4 Å². The minimum absolute atomic E-state index is 1.20. The molecule has 0 N–H and O–H groups in total. The van der Waals surface area contributed by atoms with Gasteiger partial charge in [-0.05, 0) is 31.9 Å². The second-order valence-electron chi connectivity index (χ2n) is 2.99. The molecular weight excluding hydrogens is 228 g/mol. The largest absolute Gasteiger partial charge is 0.0991 e. The molecule has 0 rings (SSSR count). The zero-order valence-electron chi connectivity index (χ0n) is 13.9. The normalized spacial score (nSPS) is 12.2. The fourth-order valence-electron chi connectivity index (χ4n) is 1.16. The van der Waals surface area contributed by atoms with Gasteiger partial charge in [0.25, 0.3) is 0 Å². The Kier molecular flexibility index (Phi) is 25.8. The Morgan fingerprint density at radius 2 is 1.32 bits per heavy atom. The second kappa shape index (κ2) is 21.7. The van der Waals surface area contributed by atoms with Crippen LogP contribution in [0.25, 0.3) is 0 Å². The van der Waals surface area contributed by atoms with E-state index in [1.807, 2.05) is 72.8 Å². The molecule has 0 aliphatic carbocycles. The van der Waals surface area contributed by atoms with Gasteiger partial charge in [-0.1, -0.05) is 89.0 Å². The van der Waals surface area contributed by atoms with Gasteiger partial charge in [0.15, 0.2) is 0 Å². The van der Waals surface area contributed by atoms with Crippen molar-refractivity contribution in [1.29, 1.82) is 0 Å². The van der Waals surface area contributed by atoms with Crippen molar-refractivity contribution in [2.24, 2.45) is 0 Å². The van der Waals surface area contributed by atoms with Gasteiger partial charge in [-0.15, -0.1) is 0 Å². The first kappa shape index (κ1) is 22.6. The minimum Gasteiger partial charge on any atom is -0.0991 e. The molecule has 0 saturated carbocycles. The van der Waals surface area contributed by atoms with Crippen LogP contribution in [0.2, 0.25) is 0 Å². The number of rotatable bonds is 5. The summed E-state index contributed by atoms with van der Waals surface area (Å²) in [7, 11) is 0. The molecule has 0 nitrogen and oxygen atoms in total. The summed E-state index contributed by atoms with van der Waals surface area (Å²) in [5.41, 5.74) is 2.40. The van der Waals surface area contributed by atoms with E-state index in [-0.39, 0.29) is 0 Å². The summed E-state index contributed by atoms with van der Waals surface area (Å²) in [6.07, 6.45) is 18.2. The molecule has 0 radical (unpaired) electrons. The monoisotopic (exact) mass is 260 g/mol. The highest BCUT2D eigenvalue weighted by Crippen LogP contribution is 2.13. The van der Waals surface area contributed by atoms with Crippen LogP contribution in [0.1, 0.15) is 48.5 Å². The van der Waals surface area contributed by atoms with Crippen LogP contribution in [-0.4, -0.2) is 0 Å². The molecule has 0 aromatic heterocycles. The summed E-state index contributed by atoms with van der Waals surface area (Å²) in [4.78, 5) is 0. The first-order valence-electron chi connectivity index (χ1n) is 7.21. The molecule has 0 saturated heterocycles. The third-order valence-electron chi connectivity index (χ3n) is 1.87. The molecule has 0 heterocycles. The maximum absolute atomic E-state index is 3.67. The van der Waals surface area contributed by atoms with Crippen molar-refractivity contribution in [3.63, 3.8) is 0 Å². The summed E-state index contributed by atoms with van der Waals surface area (Å²) < 4.78 is 0. The lowest BCUT2D eigenvalue weighted by Crippen LogP contribution is -1.82. The summed E-state index contributed by atoms with van der Waals surface area (Å²) in [6.45, 7) is 17.7. The molecule has 0 amide bonds. The van der Waals surface area contributed by atoms with E-state index in [1.54, 1.807) is 6.08 Å². The van der Waals surface area contributed by atoms with Gasteiger partial charge in [0.05, 0.1) is 0 Å². The molecule has 0 heteroatoms. The van der Waals surface area contributed by atoms with Crippen molar-refractivity contribution in [2.45, 2.75) is 48.5 Å². The van der Waals surface area contributed by atoms with Gasteiger partial charge in [-0.3, -0.25) is 0 Å². The van der Waals surface area contributed by atoms with Crippen LogP contribution < -0.4 is 0 Å². The van der Waals surface area contributed by atoms with Crippen molar-refractivity contribution in [3.05, 3.63) is 72.4 Å². The molecule has 0 fully saturated rings. The standard InChI is InChI=1S/C15H20.2C2H6/c1-5-9-12-14(8-4)15(11-7-3)13-10-6-2;2*1-2/h5-13H,1H2,2-4H3;2*1-2H3/b10-6-,11-7-,12-9-,14-8+,15-13+;;. The van der Waals surface area contributed by atoms with Crippen LogP contribution >= 0.6 is 0 Å². The molecule has 0 aromatic carbocycles. The summed E-state index contributed by atoms with van der Waals surface area (Å²) >= 11 is 0. The van der Waals surface area contributed by atoms with Gasteiger partial charge in [-0.2, -0.15) is 0 Å². The molecule has 0 spiro atoms. The molecule has 108 valence electrons. The first-order valence-corrected chi connectivity index (χ1v) is 7.21. The SMILES string of the molecule is C=C\C=C/C(=C\C)C(/C=C\C)=C/C=C\C.CC.CC. The fraction of sp³-hybridized carbons (Fsp3) is 0.368. The number of allylic oxidation sites excluding steroid dienone is 11. The van der Waals surface area contributed by atoms with Gasteiger partial charge in [0, 0.05) is 0 Å². The van der Waals surface area contributed by atoms with Crippen molar-refractivity contribution >= 4 is 0 Å². The summed E-state index contributed by atoms with van der Waals surface area (Å²) in [5, 5.41) is 0. The van der Waals surface area contributed by atoms with Crippen molar-refractivity contribution < 1.29 is 0 Å². The van der Waals surface area contributed by atoms with E-state index in [1.165, 1.54) is 11.1 Å². The highest BCUT2D eigenvalue weighted by Gasteiger charge is 1.94. The lowest BCUT2D eigenvalue weighted by atomic mass is 10.0. The predicted molar refractivity (Wildman–Crippen MR) is 93.5 cm³/mol. The molecule has 0 aliphatic rings. The van der Waals surface area contributed by atoms with E-state index in [2.05, 4.69) is 30.9 Å². The van der Waals surface area contributed by atoms with Crippen LogP contribution in [0.3, 0.4) is 0 Å². The number of hydrogen-bond donors (Lipinski definition) is 0. The van der Waals surface area contributed by atoms with Gasteiger partial charge in [0.2, 0.25) is 0 Å². The Hall–Kier alpha value is -1.56. The molecule has 0 aromatic rings. The quantitative estimate of drug-likeness (QED) is 0.476. The average Bonchev–Trinajstić information content (AvgIpc) is 2.49. The number of hydrogen-bond acceptors (Lipinski definition) is 0. The smallest absolute Gasteiger partial charge is 0.0191 e.